The van der Waals surface area contributed by atoms with Gasteiger partial charge in [-0.3, -0.25) is 4.79 Å². The summed E-state index contributed by atoms with van der Waals surface area (Å²) in [5, 5.41) is 12.6. The van der Waals surface area contributed by atoms with Crippen molar-refractivity contribution in [3.8, 4) is 0 Å². The summed E-state index contributed by atoms with van der Waals surface area (Å²) < 4.78 is 0. The van der Waals surface area contributed by atoms with Gasteiger partial charge in [-0.2, -0.15) is 0 Å². The van der Waals surface area contributed by atoms with Gasteiger partial charge in [0.15, 0.2) is 0 Å². The molecular weight excluding hydrogens is 294 g/mol. The van der Waals surface area contributed by atoms with E-state index >= 15 is 0 Å². The first kappa shape index (κ1) is 13.6. The molecule has 1 aliphatic rings. The zero-order valence-corrected chi connectivity index (χ0v) is 12.3. The second-order valence-corrected chi connectivity index (χ2v) is 6.28. The predicted molar refractivity (Wildman–Crippen MR) is 81.4 cm³/mol. The van der Waals surface area contributed by atoms with Gasteiger partial charge in [-0.1, -0.05) is 17.7 Å². The van der Waals surface area contributed by atoms with Gasteiger partial charge in [0, 0.05) is 27.7 Å². The van der Waals surface area contributed by atoms with Crippen LogP contribution in [0.3, 0.4) is 0 Å². The van der Waals surface area contributed by atoms with Crippen molar-refractivity contribution in [2.75, 3.05) is 11.4 Å². The highest BCUT2D eigenvalue weighted by Crippen LogP contribution is 2.35. The molecule has 0 saturated heterocycles. The third kappa shape index (κ3) is 2.59. The molecule has 3 rings (SSSR count). The summed E-state index contributed by atoms with van der Waals surface area (Å²) in [4.78, 5) is 15.2. The minimum absolute atomic E-state index is 0.0583. The first-order chi connectivity index (χ1) is 9.65. The Morgan fingerprint density at radius 2 is 2.30 bits per heavy atom. The molecule has 1 aliphatic heterocycles. The lowest BCUT2D eigenvalue weighted by Gasteiger charge is -2.32. The van der Waals surface area contributed by atoms with Crippen LogP contribution < -0.4 is 4.90 Å². The zero-order chi connectivity index (χ0) is 14.1. The molecule has 1 aromatic heterocycles. The van der Waals surface area contributed by atoms with E-state index in [0.29, 0.717) is 24.4 Å². The first-order valence-corrected chi connectivity index (χ1v) is 7.71. The predicted octanol–water partition coefficient (Wildman–Crippen LogP) is 3.41. The average Bonchev–Trinajstić information content (AvgIpc) is 2.92. The number of nitrogens with zero attached hydrogens (tertiary/aromatic N) is 1. The second kappa shape index (κ2) is 5.56. The highest BCUT2D eigenvalue weighted by Gasteiger charge is 2.27. The van der Waals surface area contributed by atoms with Crippen molar-refractivity contribution in [3.63, 3.8) is 0 Å². The van der Waals surface area contributed by atoms with Crippen LogP contribution in [0.5, 0.6) is 0 Å². The number of carbonyl (C=O) groups excluding carboxylic acids is 1. The maximum Gasteiger partial charge on any atom is 0.232 e. The van der Waals surface area contributed by atoms with E-state index in [9.17, 15) is 9.90 Å². The first-order valence-electron chi connectivity index (χ1n) is 6.45. The van der Waals surface area contributed by atoms with E-state index in [1.165, 1.54) is 0 Å². The number of thiophene rings is 1. The van der Waals surface area contributed by atoms with E-state index in [-0.39, 0.29) is 5.91 Å². The zero-order valence-electron chi connectivity index (χ0n) is 10.8. The molecule has 1 N–H and O–H groups in total. The van der Waals surface area contributed by atoms with Crippen molar-refractivity contribution >= 4 is 34.5 Å². The van der Waals surface area contributed by atoms with Crippen LogP contribution in [-0.2, 0) is 11.2 Å². The van der Waals surface area contributed by atoms with Crippen LogP contribution in [0.1, 0.15) is 23.0 Å². The molecule has 2 aromatic rings. The number of aliphatic hydroxyl groups excluding tert-OH is 1. The van der Waals surface area contributed by atoms with Gasteiger partial charge in [0.25, 0.3) is 0 Å². The molecule has 0 radical (unpaired) electrons. The summed E-state index contributed by atoms with van der Waals surface area (Å²) in [5.74, 6) is 0.0583. The molecule has 0 aliphatic carbocycles. The molecule has 0 fully saturated rings. The van der Waals surface area contributed by atoms with Crippen LogP contribution in [0, 0.1) is 0 Å². The molecule has 1 unspecified atom stereocenters. The Bertz CT molecular complexity index is 627. The molecule has 1 atom stereocenters. The highest BCUT2D eigenvalue weighted by molar-refractivity contribution is 7.10. The van der Waals surface area contributed by atoms with Gasteiger partial charge < -0.3 is 10.0 Å². The van der Waals surface area contributed by atoms with Crippen molar-refractivity contribution in [1.29, 1.82) is 0 Å². The molecule has 104 valence electrons. The Labute approximate surface area is 126 Å². The average molecular weight is 308 g/mol. The SMILES string of the molecule is O=C(Cc1cccs1)N1CCC(O)c2cc(Cl)ccc21. The van der Waals surface area contributed by atoms with Crippen LogP contribution in [0.2, 0.25) is 5.02 Å². The molecule has 0 bridgehead atoms. The number of hydrogen-bond donors (Lipinski definition) is 1. The fraction of sp³-hybridized carbons (Fsp3) is 0.267. The van der Waals surface area contributed by atoms with E-state index in [1.807, 2.05) is 23.6 Å². The van der Waals surface area contributed by atoms with Crippen molar-refractivity contribution < 1.29 is 9.90 Å². The largest absolute Gasteiger partial charge is 0.388 e. The van der Waals surface area contributed by atoms with E-state index in [1.54, 1.807) is 28.4 Å². The molecule has 3 nitrogen and oxygen atoms in total. The fourth-order valence-corrected chi connectivity index (χ4v) is 3.36. The van der Waals surface area contributed by atoms with Crippen molar-refractivity contribution in [2.24, 2.45) is 0 Å². The Hall–Kier alpha value is -1.36. The number of hydrogen-bond acceptors (Lipinski definition) is 3. The Kier molecular flexibility index (Phi) is 3.78. The van der Waals surface area contributed by atoms with Gasteiger partial charge in [-0.25, -0.2) is 0 Å². The lowest BCUT2D eigenvalue weighted by atomic mass is 9.98. The third-order valence-electron chi connectivity index (χ3n) is 3.47. The molecule has 1 amide bonds. The smallest absolute Gasteiger partial charge is 0.232 e. The molecule has 2 heterocycles. The van der Waals surface area contributed by atoms with Gasteiger partial charge in [-0.05, 0) is 36.1 Å². The number of aliphatic hydroxyl groups is 1. The number of benzene rings is 1. The van der Waals surface area contributed by atoms with Crippen LogP contribution in [-0.4, -0.2) is 17.6 Å². The molecule has 0 saturated carbocycles. The summed E-state index contributed by atoms with van der Waals surface area (Å²) in [6.45, 7) is 0.542. The van der Waals surface area contributed by atoms with E-state index in [0.717, 1.165) is 16.1 Å². The maximum atomic E-state index is 12.4. The van der Waals surface area contributed by atoms with Crippen molar-refractivity contribution in [2.45, 2.75) is 18.9 Å². The Morgan fingerprint density at radius 3 is 3.05 bits per heavy atom. The van der Waals surface area contributed by atoms with Gasteiger partial charge in [0.2, 0.25) is 5.91 Å². The number of anilines is 1. The van der Waals surface area contributed by atoms with Gasteiger partial charge in [-0.15, -0.1) is 11.3 Å². The van der Waals surface area contributed by atoms with Crippen LogP contribution in [0.15, 0.2) is 35.7 Å². The van der Waals surface area contributed by atoms with Crippen molar-refractivity contribution in [1.82, 2.24) is 0 Å². The third-order valence-corrected chi connectivity index (χ3v) is 4.58. The van der Waals surface area contributed by atoms with E-state index < -0.39 is 6.10 Å². The minimum Gasteiger partial charge on any atom is -0.388 e. The lowest BCUT2D eigenvalue weighted by Crippen LogP contribution is -2.37. The van der Waals surface area contributed by atoms with Crippen molar-refractivity contribution in [3.05, 3.63) is 51.2 Å². The quantitative estimate of drug-likeness (QED) is 0.923. The topological polar surface area (TPSA) is 40.5 Å². The summed E-state index contributed by atoms with van der Waals surface area (Å²) in [6, 6.07) is 9.22. The molecule has 0 spiro atoms. The normalized spacial score (nSPS) is 17.9. The fourth-order valence-electron chi connectivity index (χ4n) is 2.48. The van der Waals surface area contributed by atoms with E-state index in [4.69, 9.17) is 11.6 Å². The number of fused-ring (bicyclic) bond motifs is 1. The number of carbonyl (C=O) groups is 1. The minimum atomic E-state index is -0.547. The number of halogens is 1. The number of rotatable bonds is 2. The Morgan fingerprint density at radius 1 is 1.45 bits per heavy atom. The van der Waals surface area contributed by atoms with Crippen LogP contribution in [0.4, 0.5) is 5.69 Å². The molecule has 5 heteroatoms. The summed E-state index contributed by atoms with van der Waals surface area (Å²) in [7, 11) is 0. The highest BCUT2D eigenvalue weighted by atomic mass is 35.5. The Balaban J connectivity index is 1.88. The lowest BCUT2D eigenvalue weighted by molar-refractivity contribution is -0.118. The monoisotopic (exact) mass is 307 g/mol. The molecule has 1 aromatic carbocycles. The molecule has 20 heavy (non-hydrogen) atoms. The summed E-state index contributed by atoms with van der Waals surface area (Å²) in [6.07, 6.45) is 0.397. The number of amides is 1. The summed E-state index contributed by atoms with van der Waals surface area (Å²) in [5.41, 5.74) is 1.51. The summed E-state index contributed by atoms with van der Waals surface area (Å²) >= 11 is 7.55. The standard InChI is InChI=1S/C15H14ClNO2S/c16-10-3-4-13-12(8-10)14(18)5-6-17(13)15(19)9-11-2-1-7-20-11/h1-4,7-8,14,18H,5-6,9H2. The van der Waals surface area contributed by atoms with E-state index in [2.05, 4.69) is 0 Å². The van der Waals surface area contributed by atoms with Crippen LogP contribution >= 0.6 is 22.9 Å². The van der Waals surface area contributed by atoms with Gasteiger partial charge in [0.1, 0.15) is 0 Å². The van der Waals surface area contributed by atoms with Gasteiger partial charge in [0.05, 0.1) is 12.5 Å². The second-order valence-electron chi connectivity index (χ2n) is 4.81. The van der Waals surface area contributed by atoms with Crippen LogP contribution in [0.25, 0.3) is 0 Å². The van der Waals surface area contributed by atoms with Gasteiger partial charge >= 0.3 is 0 Å². The molecular formula is C15H14ClNO2S. The maximum absolute atomic E-state index is 12.4.